The lowest BCUT2D eigenvalue weighted by molar-refractivity contribution is 0.317. The molecule has 0 N–H and O–H groups in total. The minimum absolute atomic E-state index is 0.813. The average molecular weight is 194 g/mol. The van der Waals surface area contributed by atoms with Gasteiger partial charge in [-0.05, 0) is 30.5 Å². The lowest BCUT2D eigenvalue weighted by Crippen LogP contribution is -1.95. The Labute approximate surface area is 88.1 Å². The molecule has 0 aliphatic rings. The zero-order chi connectivity index (χ0) is 10.8. The van der Waals surface area contributed by atoms with Gasteiger partial charge in [-0.1, -0.05) is 39.8 Å². The van der Waals surface area contributed by atoms with Crippen molar-refractivity contribution in [2.45, 2.75) is 40.5 Å². The van der Waals surface area contributed by atoms with Crippen LogP contribution < -0.4 is 4.74 Å². The summed E-state index contributed by atoms with van der Waals surface area (Å²) in [4.78, 5) is 0. The Balaban J connectivity index is 0.000000791. The van der Waals surface area contributed by atoms with Crippen LogP contribution in [0.4, 0.5) is 0 Å². The first-order valence-corrected chi connectivity index (χ1v) is 5.58. The van der Waals surface area contributed by atoms with Gasteiger partial charge in [0.2, 0.25) is 0 Å². The first kappa shape index (κ1) is 13.0. The molecule has 1 nitrogen and oxygen atoms in total. The summed E-state index contributed by atoms with van der Waals surface area (Å²) in [6.45, 7) is 9.08. The van der Waals surface area contributed by atoms with Crippen LogP contribution in [-0.2, 0) is 6.42 Å². The Bertz CT molecular complexity index is 230. The Morgan fingerprint density at radius 3 is 2.43 bits per heavy atom. The molecule has 14 heavy (non-hydrogen) atoms. The van der Waals surface area contributed by atoms with E-state index in [9.17, 15) is 0 Å². The van der Waals surface area contributed by atoms with E-state index in [1.807, 2.05) is 26.0 Å². The molecule has 0 aromatic heterocycles. The topological polar surface area (TPSA) is 9.23 Å². The molecule has 0 atom stereocenters. The molecule has 0 saturated heterocycles. The Kier molecular flexibility index (Phi) is 8.01. The third kappa shape index (κ3) is 4.90. The van der Waals surface area contributed by atoms with Crippen molar-refractivity contribution in [1.29, 1.82) is 0 Å². The third-order valence-corrected chi connectivity index (χ3v) is 1.78. The van der Waals surface area contributed by atoms with E-state index in [2.05, 4.69) is 26.0 Å². The van der Waals surface area contributed by atoms with Gasteiger partial charge in [-0.3, -0.25) is 0 Å². The highest BCUT2D eigenvalue weighted by atomic mass is 16.5. The highest BCUT2D eigenvalue weighted by Gasteiger charge is 1.93. The summed E-state index contributed by atoms with van der Waals surface area (Å²) in [5, 5.41) is 0. The van der Waals surface area contributed by atoms with E-state index >= 15 is 0 Å². The molecule has 1 aromatic carbocycles. The van der Waals surface area contributed by atoms with Gasteiger partial charge in [0, 0.05) is 0 Å². The molecule has 0 aliphatic carbocycles. The smallest absolute Gasteiger partial charge is 0.119 e. The molecule has 0 spiro atoms. The minimum atomic E-state index is 0.813. The molecular formula is C13H22O. The van der Waals surface area contributed by atoms with Gasteiger partial charge in [0.25, 0.3) is 0 Å². The molecule has 0 radical (unpaired) electrons. The van der Waals surface area contributed by atoms with Crippen LogP contribution in [0.15, 0.2) is 24.3 Å². The van der Waals surface area contributed by atoms with E-state index < -0.39 is 0 Å². The Hall–Kier alpha value is -0.980. The monoisotopic (exact) mass is 194 g/mol. The molecule has 0 bridgehead atoms. The largest absolute Gasteiger partial charge is 0.494 e. The van der Waals surface area contributed by atoms with Crippen LogP contribution >= 0.6 is 0 Å². The first-order valence-electron chi connectivity index (χ1n) is 5.58. The maximum Gasteiger partial charge on any atom is 0.119 e. The predicted molar refractivity (Wildman–Crippen MR) is 63.0 cm³/mol. The van der Waals surface area contributed by atoms with Crippen molar-refractivity contribution >= 4 is 0 Å². The fourth-order valence-corrected chi connectivity index (χ4v) is 1.08. The van der Waals surface area contributed by atoms with Crippen LogP contribution in [-0.4, -0.2) is 6.61 Å². The standard InChI is InChI=1S/C11H16O.C2H6/c1-3-8-12-11-7-5-6-10(4-2)9-11;1-2/h5-7,9H,3-4,8H2,1-2H3;1-2H3. The summed E-state index contributed by atoms with van der Waals surface area (Å²) in [6.07, 6.45) is 2.14. The summed E-state index contributed by atoms with van der Waals surface area (Å²) < 4.78 is 5.50. The van der Waals surface area contributed by atoms with Gasteiger partial charge >= 0.3 is 0 Å². The van der Waals surface area contributed by atoms with Gasteiger partial charge < -0.3 is 4.74 Å². The molecule has 1 heteroatoms. The van der Waals surface area contributed by atoms with Crippen molar-refractivity contribution in [2.24, 2.45) is 0 Å². The lowest BCUT2D eigenvalue weighted by Gasteiger charge is -2.05. The highest BCUT2D eigenvalue weighted by molar-refractivity contribution is 5.28. The second kappa shape index (κ2) is 8.61. The maximum atomic E-state index is 5.50. The van der Waals surface area contributed by atoms with Gasteiger partial charge in [0.1, 0.15) is 5.75 Å². The summed E-state index contributed by atoms with van der Waals surface area (Å²) in [6, 6.07) is 8.28. The van der Waals surface area contributed by atoms with Crippen molar-refractivity contribution in [2.75, 3.05) is 6.61 Å². The van der Waals surface area contributed by atoms with Crippen LogP contribution in [0.2, 0.25) is 0 Å². The highest BCUT2D eigenvalue weighted by Crippen LogP contribution is 2.13. The van der Waals surface area contributed by atoms with Crippen LogP contribution in [0.3, 0.4) is 0 Å². The number of ether oxygens (including phenoxy) is 1. The SMILES string of the molecule is CC.CCCOc1cccc(CC)c1. The van der Waals surface area contributed by atoms with Crippen LogP contribution in [0.5, 0.6) is 5.75 Å². The molecule has 0 aliphatic heterocycles. The molecule has 80 valence electrons. The number of hydrogen-bond donors (Lipinski definition) is 0. The van der Waals surface area contributed by atoms with Crippen LogP contribution in [0.25, 0.3) is 0 Å². The summed E-state index contributed by atoms with van der Waals surface area (Å²) >= 11 is 0. The molecule has 1 rings (SSSR count). The second-order valence-corrected chi connectivity index (χ2v) is 2.85. The van der Waals surface area contributed by atoms with Gasteiger partial charge in [-0.2, -0.15) is 0 Å². The second-order valence-electron chi connectivity index (χ2n) is 2.85. The third-order valence-electron chi connectivity index (χ3n) is 1.78. The van der Waals surface area contributed by atoms with Crippen molar-refractivity contribution in [3.63, 3.8) is 0 Å². The summed E-state index contributed by atoms with van der Waals surface area (Å²) in [5.74, 6) is 0.996. The molecule has 0 heterocycles. The van der Waals surface area contributed by atoms with Crippen LogP contribution in [0, 0.1) is 0 Å². The van der Waals surface area contributed by atoms with Gasteiger partial charge in [-0.25, -0.2) is 0 Å². The van der Waals surface area contributed by atoms with E-state index in [-0.39, 0.29) is 0 Å². The van der Waals surface area contributed by atoms with Crippen molar-refractivity contribution in [3.05, 3.63) is 29.8 Å². The number of hydrogen-bond acceptors (Lipinski definition) is 1. The van der Waals surface area contributed by atoms with Gasteiger partial charge in [0.05, 0.1) is 6.61 Å². The van der Waals surface area contributed by atoms with E-state index in [0.717, 1.165) is 25.2 Å². The molecule has 0 saturated carbocycles. The van der Waals surface area contributed by atoms with E-state index in [1.165, 1.54) is 5.56 Å². The quantitative estimate of drug-likeness (QED) is 0.702. The fourth-order valence-electron chi connectivity index (χ4n) is 1.08. The minimum Gasteiger partial charge on any atom is -0.494 e. The zero-order valence-corrected chi connectivity index (χ0v) is 9.84. The van der Waals surface area contributed by atoms with Crippen molar-refractivity contribution < 1.29 is 4.74 Å². The van der Waals surface area contributed by atoms with E-state index in [1.54, 1.807) is 0 Å². The maximum absolute atomic E-state index is 5.50. The first-order chi connectivity index (χ1) is 6.86. The van der Waals surface area contributed by atoms with E-state index in [0.29, 0.717) is 0 Å². The molecule has 0 unspecified atom stereocenters. The van der Waals surface area contributed by atoms with E-state index in [4.69, 9.17) is 4.74 Å². The Morgan fingerprint density at radius 1 is 1.14 bits per heavy atom. The molecule has 0 fully saturated rings. The fraction of sp³-hybridized carbons (Fsp3) is 0.538. The normalized spacial score (nSPS) is 8.86. The zero-order valence-electron chi connectivity index (χ0n) is 9.84. The Morgan fingerprint density at radius 2 is 1.86 bits per heavy atom. The number of benzene rings is 1. The molecular weight excluding hydrogens is 172 g/mol. The molecule has 0 amide bonds. The summed E-state index contributed by atoms with van der Waals surface area (Å²) in [7, 11) is 0. The number of rotatable bonds is 4. The van der Waals surface area contributed by atoms with Crippen molar-refractivity contribution in [3.8, 4) is 5.75 Å². The number of aryl methyl sites for hydroxylation is 1. The average Bonchev–Trinajstić information content (AvgIpc) is 2.29. The van der Waals surface area contributed by atoms with Gasteiger partial charge in [0.15, 0.2) is 0 Å². The molecule has 1 aromatic rings. The predicted octanol–water partition coefficient (Wildman–Crippen LogP) is 4.06. The summed E-state index contributed by atoms with van der Waals surface area (Å²) in [5.41, 5.74) is 1.34. The van der Waals surface area contributed by atoms with Crippen molar-refractivity contribution in [1.82, 2.24) is 0 Å². The lowest BCUT2D eigenvalue weighted by atomic mass is 10.2. The van der Waals surface area contributed by atoms with Gasteiger partial charge in [-0.15, -0.1) is 0 Å². The van der Waals surface area contributed by atoms with Crippen LogP contribution in [0.1, 0.15) is 39.7 Å².